The summed E-state index contributed by atoms with van der Waals surface area (Å²) in [4.78, 5) is 0. The molecule has 2 atom stereocenters. The Kier molecular flexibility index (Phi) is 16.5. The highest BCUT2D eigenvalue weighted by molar-refractivity contribution is 5.16. The van der Waals surface area contributed by atoms with Gasteiger partial charge in [0.2, 0.25) is 0 Å². The molecule has 0 aromatic carbocycles. The van der Waals surface area contributed by atoms with Crippen LogP contribution in [-0.4, -0.2) is 37.5 Å². The Bertz CT molecular complexity index is 524. The summed E-state index contributed by atoms with van der Waals surface area (Å²) in [6.45, 7) is 3.79. The van der Waals surface area contributed by atoms with Crippen LogP contribution < -0.4 is 0 Å². The molecule has 0 saturated carbocycles. The Morgan fingerprint density at radius 2 is 1.36 bits per heavy atom. The molecule has 0 amide bonds. The summed E-state index contributed by atoms with van der Waals surface area (Å²) < 4.78 is 16.6. The molecule has 2 fully saturated rings. The van der Waals surface area contributed by atoms with Crippen LogP contribution in [-0.2, 0) is 14.2 Å². The van der Waals surface area contributed by atoms with Crippen LogP contribution >= 0.6 is 0 Å². The van der Waals surface area contributed by atoms with Crippen LogP contribution in [0.3, 0.4) is 0 Å². The molecule has 2 aliphatic heterocycles. The van der Waals surface area contributed by atoms with Crippen molar-refractivity contribution in [2.75, 3.05) is 19.8 Å². The van der Waals surface area contributed by atoms with Crippen LogP contribution in [0.15, 0.2) is 0 Å². The molecule has 2 unspecified atom stereocenters. The van der Waals surface area contributed by atoms with Crippen molar-refractivity contribution in [1.82, 2.24) is 0 Å². The first-order chi connectivity index (χ1) is 13.9. The van der Waals surface area contributed by atoms with Crippen molar-refractivity contribution in [3.8, 4) is 35.5 Å². The highest BCUT2D eigenvalue weighted by Gasteiger charge is 2.21. The maximum absolute atomic E-state index is 8.37. The van der Waals surface area contributed by atoms with Gasteiger partial charge in [0, 0.05) is 19.6 Å². The van der Waals surface area contributed by atoms with Crippen molar-refractivity contribution in [1.29, 1.82) is 0 Å². The van der Waals surface area contributed by atoms with Gasteiger partial charge in [-0.05, 0) is 44.9 Å². The fraction of sp³-hybridized carbons (Fsp3) is 0.750. The zero-order valence-corrected chi connectivity index (χ0v) is 17.4. The first-order valence-corrected chi connectivity index (χ1v) is 10.7. The van der Waals surface area contributed by atoms with Gasteiger partial charge in [0.1, 0.15) is 6.61 Å². The van der Waals surface area contributed by atoms with E-state index in [4.69, 9.17) is 19.3 Å². The zero-order valence-electron chi connectivity index (χ0n) is 17.4. The van der Waals surface area contributed by atoms with Crippen molar-refractivity contribution in [2.24, 2.45) is 0 Å². The molecule has 0 spiro atoms. The number of aliphatic hydroxyl groups excluding tert-OH is 1. The highest BCUT2D eigenvalue weighted by atomic mass is 16.8. The summed E-state index contributed by atoms with van der Waals surface area (Å²) in [5, 5.41) is 8.37. The molecule has 156 valence electrons. The summed E-state index contributed by atoms with van der Waals surface area (Å²) in [7, 11) is 0. The smallest absolute Gasteiger partial charge is 0.160 e. The van der Waals surface area contributed by atoms with Crippen LogP contribution in [0.5, 0.6) is 0 Å². The van der Waals surface area contributed by atoms with E-state index in [0.717, 1.165) is 32.5 Å². The molecule has 4 heteroatoms. The van der Waals surface area contributed by atoms with E-state index in [1.807, 2.05) is 0 Å². The minimum atomic E-state index is -0.0844. The molecule has 2 rings (SSSR count). The van der Waals surface area contributed by atoms with E-state index in [0.29, 0.717) is 12.8 Å². The average Bonchev–Trinajstić information content (AvgIpc) is 2.74. The molecule has 2 aliphatic rings. The minimum Gasteiger partial charge on any atom is -0.384 e. The Morgan fingerprint density at radius 3 is 1.86 bits per heavy atom. The van der Waals surface area contributed by atoms with Gasteiger partial charge in [0.15, 0.2) is 12.6 Å². The Labute approximate surface area is 171 Å². The Balaban J connectivity index is 0.000000281. The van der Waals surface area contributed by atoms with Crippen LogP contribution in [0.1, 0.15) is 84.0 Å². The zero-order chi connectivity index (χ0) is 20.1. The predicted octanol–water partition coefficient (Wildman–Crippen LogP) is 4.41. The first kappa shape index (κ1) is 24.6. The van der Waals surface area contributed by atoms with Gasteiger partial charge in [0.25, 0.3) is 0 Å². The summed E-state index contributed by atoms with van der Waals surface area (Å²) >= 11 is 0. The predicted molar refractivity (Wildman–Crippen MR) is 112 cm³/mol. The molecule has 2 heterocycles. The number of rotatable bonds is 5. The van der Waals surface area contributed by atoms with Crippen molar-refractivity contribution >= 4 is 0 Å². The molecule has 0 aromatic rings. The SMILES string of the molecule is C1CCC(OC2CCCCO2)OC1.CCCCCC#CCC#CCC#CCO. The molecular weight excluding hydrogens is 352 g/mol. The van der Waals surface area contributed by atoms with Gasteiger partial charge in [0.05, 0.1) is 12.8 Å². The molecule has 0 radical (unpaired) electrons. The van der Waals surface area contributed by atoms with Gasteiger partial charge in [-0.3, -0.25) is 0 Å². The molecule has 0 aromatic heterocycles. The average molecular weight is 389 g/mol. The third-order valence-electron chi connectivity index (χ3n) is 4.29. The van der Waals surface area contributed by atoms with Crippen LogP contribution in [0, 0.1) is 35.5 Å². The number of hydrogen-bond acceptors (Lipinski definition) is 4. The standard InChI is InChI=1S/C14H18O.C10H18O3/c1-2-3-4-5-6-7-8-9-10-11-12-13-14-15;1-3-7-11-9(5-1)13-10-6-2-4-8-12-10/h15H,2-5,8,11,14H2,1H3;9-10H,1-8H2. The van der Waals surface area contributed by atoms with Gasteiger partial charge < -0.3 is 19.3 Å². The molecule has 28 heavy (non-hydrogen) atoms. The normalized spacial score (nSPS) is 20.8. The quantitative estimate of drug-likeness (QED) is 0.560. The lowest BCUT2D eigenvalue weighted by atomic mass is 10.2. The summed E-state index contributed by atoms with van der Waals surface area (Å²) in [6, 6.07) is 0. The topological polar surface area (TPSA) is 47.9 Å². The maximum Gasteiger partial charge on any atom is 0.160 e. The van der Waals surface area contributed by atoms with E-state index in [1.54, 1.807) is 0 Å². The Morgan fingerprint density at radius 1 is 0.786 bits per heavy atom. The van der Waals surface area contributed by atoms with E-state index < -0.39 is 0 Å². The highest BCUT2D eigenvalue weighted by Crippen LogP contribution is 2.20. The van der Waals surface area contributed by atoms with E-state index in [1.165, 1.54) is 44.9 Å². The van der Waals surface area contributed by atoms with Gasteiger partial charge in [-0.15, -0.1) is 5.92 Å². The number of aliphatic hydroxyl groups is 1. The van der Waals surface area contributed by atoms with E-state index >= 15 is 0 Å². The summed E-state index contributed by atoms with van der Waals surface area (Å²) in [5.74, 6) is 17.2. The Hall–Kier alpha value is -1.48. The number of unbranched alkanes of at least 4 members (excludes halogenated alkanes) is 3. The maximum atomic E-state index is 8.37. The lowest BCUT2D eigenvalue weighted by Gasteiger charge is -2.29. The second-order valence-electron chi connectivity index (χ2n) is 6.76. The first-order valence-electron chi connectivity index (χ1n) is 10.7. The van der Waals surface area contributed by atoms with Gasteiger partial charge in [-0.25, -0.2) is 0 Å². The minimum absolute atomic E-state index is 0.00292. The van der Waals surface area contributed by atoms with Crippen LogP contribution in [0.2, 0.25) is 0 Å². The van der Waals surface area contributed by atoms with E-state index in [2.05, 4.69) is 42.4 Å². The van der Waals surface area contributed by atoms with Gasteiger partial charge in [-0.2, -0.15) is 0 Å². The van der Waals surface area contributed by atoms with Crippen molar-refractivity contribution in [2.45, 2.75) is 96.6 Å². The summed E-state index contributed by atoms with van der Waals surface area (Å²) in [6.07, 6.45) is 12.7. The monoisotopic (exact) mass is 388 g/mol. The largest absolute Gasteiger partial charge is 0.384 e. The fourth-order valence-electron chi connectivity index (χ4n) is 2.75. The van der Waals surface area contributed by atoms with Gasteiger partial charge in [-0.1, -0.05) is 49.4 Å². The molecule has 4 nitrogen and oxygen atoms in total. The van der Waals surface area contributed by atoms with E-state index in [-0.39, 0.29) is 19.2 Å². The lowest BCUT2D eigenvalue weighted by Crippen LogP contribution is -2.31. The second kappa shape index (κ2) is 18.9. The van der Waals surface area contributed by atoms with E-state index in [9.17, 15) is 0 Å². The van der Waals surface area contributed by atoms with Crippen LogP contribution in [0.4, 0.5) is 0 Å². The third kappa shape index (κ3) is 14.6. The fourth-order valence-corrected chi connectivity index (χ4v) is 2.75. The number of ether oxygens (including phenoxy) is 3. The van der Waals surface area contributed by atoms with Crippen LogP contribution in [0.25, 0.3) is 0 Å². The molecule has 1 N–H and O–H groups in total. The third-order valence-corrected chi connectivity index (χ3v) is 4.29. The van der Waals surface area contributed by atoms with Gasteiger partial charge >= 0.3 is 0 Å². The molecule has 2 saturated heterocycles. The van der Waals surface area contributed by atoms with Crippen molar-refractivity contribution in [3.05, 3.63) is 0 Å². The second-order valence-corrected chi connectivity index (χ2v) is 6.76. The summed E-state index contributed by atoms with van der Waals surface area (Å²) in [5.41, 5.74) is 0. The molecule has 0 bridgehead atoms. The lowest BCUT2D eigenvalue weighted by molar-refractivity contribution is -0.264. The van der Waals surface area contributed by atoms with Crippen molar-refractivity contribution < 1.29 is 19.3 Å². The number of hydrogen-bond donors (Lipinski definition) is 1. The molecular formula is C24H36O4. The molecule has 0 aliphatic carbocycles. The van der Waals surface area contributed by atoms with Crippen molar-refractivity contribution in [3.63, 3.8) is 0 Å².